The molecule has 6 nitrogen and oxygen atoms in total. The van der Waals surface area contributed by atoms with E-state index < -0.39 is 0 Å². The van der Waals surface area contributed by atoms with Crippen molar-refractivity contribution in [2.75, 3.05) is 31.2 Å². The summed E-state index contributed by atoms with van der Waals surface area (Å²) >= 11 is 0. The molecule has 1 aliphatic carbocycles. The molecule has 2 aliphatic heterocycles. The molecule has 1 saturated heterocycles. The summed E-state index contributed by atoms with van der Waals surface area (Å²) in [4.78, 5) is 20.5. The van der Waals surface area contributed by atoms with Crippen LogP contribution in [0, 0.1) is 18.8 Å². The predicted molar refractivity (Wildman–Crippen MR) is 124 cm³/mol. The molecule has 2 bridgehead atoms. The van der Waals surface area contributed by atoms with Gasteiger partial charge < -0.3 is 19.7 Å². The molecule has 3 atom stereocenters. The van der Waals surface area contributed by atoms with Gasteiger partial charge >= 0.3 is 0 Å². The van der Waals surface area contributed by atoms with Crippen molar-refractivity contribution in [3.63, 3.8) is 0 Å². The Balaban J connectivity index is 1.21. The van der Waals surface area contributed by atoms with E-state index in [9.17, 15) is 4.79 Å². The number of carbonyl (C=O) groups excluding carboxylic acids is 1. The molecule has 0 radical (unpaired) electrons. The van der Waals surface area contributed by atoms with E-state index in [2.05, 4.69) is 41.4 Å². The van der Waals surface area contributed by atoms with E-state index in [1.807, 2.05) is 24.3 Å². The Labute approximate surface area is 187 Å². The number of ether oxygens (including phenoxy) is 2. The lowest BCUT2D eigenvalue weighted by atomic mass is 9.91. The molecule has 1 amide bonds. The number of aromatic nitrogens is 1. The minimum absolute atomic E-state index is 0.0672. The third kappa shape index (κ3) is 3.25. The fraction of sp³-hybridized carbons (Fsp3) is 0.385. The largest absolute Gasteiger partial charge is 0.486 e. The molecule has 2 aromatic carbocycles. The first-order valence-corrected chi connectivity index (χ1v) is 11.5. The van der Waals surface area contributed by atoms with Crippen LogP contribution in [0.25, 0.3) is 10.9 Å². The second-order valence-electron chi connectivity index (χ2n) is 9.15. The fourth-order valence-corrected chi connectivity index (χ4v) is 5.62. The van der Waals surface area contributed by atoms with Gasteiger partial charge in [0.05, 0.1) is 11.1 Å². The lowest BCUT2D eigenvalue weighted by Gasteiger charge is -2.39. The van der Waals surface area contributed by atoms with Gasteiger partial charge in [-0.05, 0) is 61.4 Å². The van der Waals surface area contributed by atoms with Crippen molar-refractivity contribution in [2.24, 2.45) is 11.8 Å². The van der Waals surface area contributed by atoms with Crippen molar-refractivity contribution < 1.29 is 14.3 Å². The molecule has 2 fully saturated rings. The van der Waals surface area contributed by atoms with Crippen LogP contribution in [0.1, 0.15) is 28.8 Å². The van der Waals surface area contributed by atoms with Crippen molar-refractivity contribution in [3.8, 4) is 11.5 Å². The van der Waals surface area contributed by atoms with Gasteiger partial charge in [0, 0.05) is 24.5 Å². The molecule has 164 valence electrons. The highest BCUT2D eigenvalue weighted by atomic mass is 16.6. The molecular formula is C26H27N3O3. The second kappa shape index (κ2) is 7.69. The number of fused-ring (bicyclic) bond motifs is 4. The minimum atomic E-state index is -0.0672. The van der Waals surface area contributed by atoms with Crippen LogP contribution in [0.3, 0.4) is 0 Å². The van der Waals surface area contributed by atoms with E-state index in [-0.39, 0.29) is 11.9 Å². The number of pyridine rings is 1. The number of para-hydroxylation sites is 2. The van der Waals surface area contributed by atoms with Gasteiger partial charge in [-0.2, -0.15) is 0 Å². The molecule has 0 spiro atoms. The van der Waals surface area contributed by atoms with Crippen LogP contribution in [-0.2, 0) is 0 Å². The third-order valence-corrected chi connectivity index (χ3v) is 7.18. The quantitative estimate of drug-likeness (QED) is 0.683. The van der Waals surface area contributed by atoms with E-state index >= 15 is 0 Å². The molecule has 3 aromatic rings. The predicted octanol–water partition coefficient (Wildman–Crippen LogP) is 3.96. The Hall–Kier alpha value is -3.28. The lowest BCUT2D eigenvalue weighted by molar-refractivity contribution is 0.0899. The SMILES string of the molecule is Cc1cc(N2C[C@H]3CC[C@@H](C2)C3NC(=O)c2cccc3c2OCCO3)nc2ccccc12. The van der Waals surface area contributed by atoms with Crippen molar-refractivity contribution in [3.05, 3.63) is 59.7 Å². The number of benzene rings is 2. The molecule has 6 rings (SSSR count). The van der Waals surface area contributed by atoms with Gasteiger partial charge in [0.25, 0.3) is 5.91 Å². The third-order valence-electron chi connectivity index (χ3n) is 7.18. The normalized spacial score (nSPS) is 23.9. The molecular weight excluding hydrogens is 402 g/mol. The maximum absolute atomic E-state index is 13.2. The summed E-state index contributed by atoms with van der Waals surface area (Å²) in [7, 11) is 0. The number of hydrogen-bond acceptors (Lipinski definition) is 5. The number of amides is 1. The molecule has 6 heteroatoms. The highest BCUT2D eigenvalue weighted by Crippen LogP contribution is 2.40. The van der Waals surface area contributed by atoms with Crippen molar-refractivity contribution in [1.82, 2.24) is 10.3 Å². The molecule has 1 saturated carbocycles. The maximum Gasteiger partial charge on any atom is 0.255 e. The maximum atomic E-state index is 13.2. The summed E-state index contributed by atoms with van der Waals surface area (Å²) in [6.07, 6.45) is 2.26. The Bertz CT molecular complexity index is 1180. The molecule has 3 heterocycles. The average molecular weight is 430 g/mol. The Morgan fingerprint density at radius 2 is 1.81 bits per heavy atom. The van der Waals surface area contributed by atoms with Gasteiger partial charge in [0.2, 0.25) is 0 Å². The number of anilines is 1. The van der Waals surface area contributed by atoms with Crippen molar-refractivity contribution in [2.45, 2.75) is 25.8 Å². The number of aryl methyl sites for hydroxylation is 1. The number of carbonyl (C=O) groups is 1. The lowest BCUT2D eigenvalue weighted by Crippen LogP contribution is -2.53. The van der Waals surface area contributed by atoms with Gasteiger partial charge in [-0.15, -0.1) is 0 Å². The van der Waals surface area contributed by atoms with Crippen LogP contribution in [0.2, 0.25) is 0 Å². The standard InChI is InChI=1S/C26H27N3O3/c1-16-13-23(27-21-7-3-2-5-19(16)21)29-14-17-9-10-18(15-29)24(17)28-26(30)20-6-4-8-22-25(20)32-12-11-31-22/h2-8,13,17-18,24H,9-12,14-15H2,1H3,(H,28,30)/t17-,18+,24?. The van der Waals surface area contributed by atoms with E-state index in [0.717, 1.165) is 37.3 Å². The van der Waals surface area contributed by atoms with Gasteiger partial charge in [-0.25, -0.2) is 4.98 Å². The summed E-state index contributed by atoms with van der Waals surface area (Å²) in [5.41, 5.74) is 2.86. The first kappa shape index (κ1) is 19.4. The topological polar surface area (TPSA) is 63.7 Å². The van der Waals surface area contributed by atoms with E-state index in [0.29, 0.717) is 42.1 Å². The Kier molecular flexibility index (Phi) is 4.67. The molecule has 3 aliphatic rings. The number of rotatable bonds is 3. The molecule has 32 heavy (non-hydrogen) atoms. The highest BCUT2D eigenvalue weighted by molar-refractivity contribution is 5.98. The van der Waals surface area contributed by atoms with Crippen molar-refractivity contribution in [1.29, 1.82) is 0 Å². The zero-order valence-electron chi connectivity index (χ0n) is 18.2. The molecule has 1 aromatic heterocycles. The Morgan fingerprint density at radius 1 is 1.03 bits per heavy atom. The summed E-state index contributed by atoms with van der Waals surface area (Å²) in [6.45, 7) is 4.97. The zero-order valence-corrected chi connectivity index (χ0v) is 18.2. The van der Waals surface area contributed by atoms with Gasteiger partial charge in [-0.3, -0.25) is 4.79 Å². The van der Waals surface area contributed by atoms with E-state index in [1.165, 1.54) is 10.9 Å². The minimum Gasteiger partial charge on any atom is -0.486 e. The molecule has 1 unspecified atom stereocenters. The van der Waals surface area contributed by atoms with Crippen LogP contribution < -0.4 is 19.7 Å². The number of nitrogens with one attached hydrogen (secondary N) is 1. The van der Waals surface area contributed by atoms with E-state index in [4.69, 9.17) is 14.5 Å². The average Bonchev–Trinajstić information content (AvgIpc) is 3.04. The first-order chi connectivity index (χ1) is 15.7. The molecule has 1 N–H and O–H groups in total. The highest BCUT2D eigenvalue weighted by Gasteiger charge is 2.43. The summed E-state index contributed by atoms with van der Waals surface area (Å²) in [6, 6.07) is 16.2. The van der Waals surface area contributed by atoms with Crippen LogP contribution in [-0.4, -0.2) is 43.2 Å². The van der Waals surface area contributed by atoms with E-state index in [1.54, 1.807) is 0 Å². The summed E-state index contributed by atoms with van der Waals surface area (Å²) < 4.78 is 11.4. The van der Waals surface area contributed by atoms with Crippen molar-refractivity contribution >= 4 is 22.6 Å². The first-order valence-electron chi connectivity index (χ1n) is 11.5. The summed E-state index contributed by atoms with van der Waals surface area (Å²) in [5.74, 6) is 3.04. The Morgan fingerprint density at radius 3 is 2.66 bits per heavy atom. The van der Waals surface area contributed by atoms with Gasteiger partial charge in [-0.1, -0.05) is 24.3 Å². The van der Waals surface area contributed by atoms with Gasteiger partial charge in [0.1, 0.15) is 19.0 Å². The monoisotopic (exact) mass is 429 g/mol. The smallest absolute Gasteiger partial charge is 0.255 e. The van der Waals surface area contributed by atoms with Crippen LogP contribution in [0.5, 0.6) is 11.5 Å². The summed E-state index contributed by atoms with van der Waals surface area (Å²) in [5, 5.41) is 4.55. The fourth-order valence-electron chi connectivity index (χ4n) is 5.62. The van der Waals surface area contributed by atoms with Crippen LogP contribution >= 0.6 is 0 Å². The second-order valence-corrected chi connectivity index (χ2v) is 9.15. The number of hydrogen-bond donors (Lipinski definition) is 1. The zero-order chi connectivity index (χ0) is 21.7. The van der Waals surface area contributed by atoms with Gasteiger partial charge in [0.15, 0.2) is 11.5 Å². The van der Waals surface area contributed by atoms with Crippen LogP contribution in [0.4, 0.5) is 5.82 Å². The van der Waals surface area contributed by atoms with Crippen LogP contribution in [0.15, 0.2) is 48.5 Å². The number of piperidine rings is 1. The number of nitrogens with zero attached hydrogens (tertiary/aromatic N) is 2.